The van der Waals surface area contributed by atoms with Gasteiger partial charge in [0, 0.05) is 16.6 Å². The van der Waals surface area contributed by atoms with Crippen LogP contribution < -0.4 is 5.56 Å². The molecule has 1 aromatic heterocycles. The minimum atomic E-state index is -0.375. The van der Waals surface area contributed by atoms with Crippen LogP contribution in [0.2, 0.25) is 0 Å². The molecular weight excluding hydrogens is 452 g/mol. The van der Waals surface area contributed by atoms with Crippen molar-refractivity contribution in [3.8, 4) is 0 Å². The molecule has 150 valence electrons. The normalized spacial score (nSPS) is 17.5. The first-order chi connectivity index (χ1) is 14.0. The molecule has 1 fully saturated rings. The number of aromatic nitrogens is 2. The first-order valence-electron chi connectivity index (χ1n) is 9.60. The zero-order valence-corrected chi connectivity index (χ0v) is 18.4. The Kier molecular flexibility index (Phi) is 6.18. The lowest BCUT2D eigenvalue weighted by atomic mass is 10.1. The third-order valence-corrected chi connectivity index (χ3v) is 6.64. The molecule has 7 heteroatoms. The molecule has 1 aliphatic heterocycles. The average Bonchev–Trinajstić information content (AvgIpc) is 3.24. The zero-order valence-electron chi connectivity index (χ0n) is 16.0. The number of hydrogen-bond donors (Lipinski definition) is 0. The zero-order chi connectivity index (χ0) is 20.4. The van der Waals surface area contributed by atoms with Crippen molar-refractivity contribution < 1.29 is 9.53 Å². The number of carbonyl (C=O) groups excluding carboxylic acids is 1. The quantitative estimate of drug-likeness (QED) is 0.295. The van der Waals surface area contributed by atoms with Crippen LogP contribution in [-0.4, -0.2) is 33.3 Å². The van der Waals surface area contributed by atoms with Crippen LogP contribution in [0.25, 0.3) is 10.9 Å². The Bertz CT molecular complexity index is 1090. The van der Waals surface area contributed by atoms with E-state index in [0.29, 0.717) is 28.2 Å². The fraction of sp³-hybridized carbons (Fsp3) is 0.318. The first kappa shape index (κ1) is 20.3. The summed E-state index contributed by atoms with van der Waals surface area (Å²) >= 11 is 4.72. The minimum absolute atomic E-state index is 0.00694. The summed E-state index contributed by atoms with van der Waals surface area (Å²) < 4.78 is 8.35. The lowest BCUT2D eigenvalue weighted by molar-refractivity contribution is 0.0937. The van der Waals surface area contributed by atoms with Crippen molar-refractivity contribution in [2.24, 2.45) is 0 Å². The molecule has 3 aromatic rings. The molecule has 1 saturated heterocycles. The highest BCUT2D eigenvalue weighted by atomic mass is 79.9. The summed E-state index contributed by atoms with van der Waals surface area (Å²) in [5, 5.41) is 0.767. The predicted molar refractivity (Wildman–Crippen MR) is 119 cm³/mol. The predicted octanol–water partition coefficient (Wildman–Crippen LogP) is 4.70. The Balaban J connectivity index is 1.68. The van der Waals surface area contributed by atoms with Gasteiger partial charge in [0.05, 0.1) is 28.8 Å². The third kappa shape index (κ3) is 4.47. The summed E-state index contributed by atoms with van der Waals surface area (Å²) in [6, 6.07) is 14.6. The molecule has 0 saturated carbocycles. The van der Waals surface area contributed by atoms with Gasteiger partial charge in [-0.2, -0.15) is 0 Å². The standard InChI is InChI=1S/C22H21BrN2O3S/c1-14(20(26)15-8-10-16(23)11-9-15)29-22-24-19-7-3-2-6-18(19)21(27)25(22)13-17-5-4-12-28-17/h2-3,6-11,14,17H,4-5,12-13H2,1H3/t14-,17+/m1/s1. The van der Waals surface area contributed by atoms with Gasteiger partial charge in [-0.25, -0.2) is 4.98 Å². The number of hydrogen-bond acceptors (Lipinski definition) is 5. The fourth-order valence-electron chi connectivity index (χ4n) is 3.45. The molecule has 0 bridgehead atoms. The highest BCUT2D eigenvalue weighted by Gasteiger charge is 2.23. The molecule has 2 atom stereocenters. The van der Waals surface area contributed by atoms with Crippen LogP contribution in [-0.2, 0) is 11.3 Å². The van der Waals surface area contributed by atoms with E-state index in [4.69, 9.17) is 9.72 Å². The molecule has 0 unspecified atom stereocenters. The number of ether oxygens (including phenoxy) is 1. The molecule has 0 spiro atoms. The maximum atomic E-state index is 13.2. The fourth-order valence-corrected chi connectivity index (χ4v) is 4.71. The van der Waals surface area contributed by atoms with Crippen LogP contribution >= 0.6 is 27.7 Å². The highest BCUT2D eigenvalue weighted by molar-refractivity contribution is 9.10. The number of halogens is 1. The number of nitrogens with zero attached hydrogens (tertiary/aromatic N) is 2. The lowest BCUT2D eigenvalue weighted by Crippen LogP contribution is -2.29. The van der Waals surface area contributed by atoms with E-state index >= 15 is 0 Å². The number of thioether (sulfide) groups is 1. The van der Waals surface area contributed by atoms with E-state index in [2.05, 4.69) is 15.9 Å². The summed E-state index contributed by atoms with van der Waals surface area (Å²) in [5.74, 6) is 0.00794. The highest BCUT2D eigenvalue weighted by Crippen LogP contribution is 2.26. The second-order valence-electron chi connectivity index (χ2n) is 7.09. The smallest absolute Gasteiger partial charge is 0.262 e. The summed E-state index contributed by atoms with van der Waals surface area (Å²) in [6.45, 7) is 3.03. The molecule has 2 aromatic carbocycles. The molecule has 4 rings (SSSR count). The Hall–Kier alpha value is -1.96. The molecule has 0 radical (unpaired) electrons. The van der Waals surface area contributed by atoms with Gasteiger partial charge in [-0.1, -0.05) is 52.0 Å². The number of Topliss-reactive ketones (excluding diaryl/α,β-unsaturated/α-hetero) is 1. The van der Waals surface area contributed by atoms with Crippen molar-refractivity contribution in [1.29, 1.82) is 0 Å². The van der Waals surface area contributed by atoms with Crippen molar-refractivity contribution in [1.82, 2.24) is 9.55 Å². The minimum Gasteiger partial charge on any atom is -0.376 e. The van der Waals surface area contributed by atoms with Gasteiger partial charge in [0.25, 0.3) is 5.56 Å². The van der Waals surface area contributed by atoms with Gasteiger partial charge in [0.15, 0.2) is 10.9 Å². The topological polar surface area (TPSA) is 61.2 Å². The van der Waals surface area contributed by atoms with E-state index in [1.54, 1.807) is 22.8 Å². The van der Waals surface area contributed by atoms with Crippen molar-refractivity contribution in [3.05, 3.63) is 68.9 Å². The number of carbonyl (C=O) groups is 1. The summed E-state index contributed by atoms with van der Waals surface area (Å²) in [4.78, 5) is 30.8. The van der Waals surface area contributed by atoms with E-state index < -0.39 is 0 Å². The van der Waals surface area contributed by atoms with Crippen LogP contribution in [0.15, 0.2) is 63.0 Å². The lowest BCUT2D eigenvalue weighted by Gasteiger charge is -2.18. The van der Waals surface area contributed by atoms with Crippen molar-refractivity contribution in [3.63, 3.8) is 0 Å². The Morgan fingerprint density at radius 1 is 1.28 bits per heavy atom. The van der Waals surface area contributed by atoms with Crippen LogP contribution in [0.4, 0.5) is 0 Å². The molecule has 1 aliphatic rings. The monoisotopic (exact) mass is 472 g/mol. The van der Waals surface area contributed by atoms with Crippen LogP contribution in [0.1, 0.15) is 30.1 Å². The first-order valence-corrected chi connectivity index (χ1v) is 11.3. The number of rotatable bonds is 6. The molecule has 0 N–H and O–H groups in total. The van der Waals surface area contributed by atoms with E-state index in [1.165, 1.54) is 11.8 Å². The van der Waals surface area contributed by atoms with Gasteiger partial charge in [0.2, 0.25) is 0 Å². The molecule has 0 amide bonds. The number of para-hydroxylation sites is 1. The van der Waals surface area contributed by atoms with E-state index in [1.807, 2.05) is 37.3 Å². The molecule has 0 aliphatic carbocycles. The largest absolute Gasteiger partial charge is 0.376 e. The second-order valence-corrected chi connectivity index (χ2v) is 9.32. The summed E-state index contributed by atoms with van der Waals surface area (Å²) in [7, 11) is 0. The van der Waals surface area contributed by atoms with Crippen LogP contribution in [0.3, 0.4) is 0 Å². The average molecular weight is 473 g/mol. The Morgan fingerprint density at radius 2 is 2.03 bits per heavy atom. The molecular formula is C22H21BrN2O3S. The van der Waals surface area contributed by atoms with Crippen LogP contribution in [0, 0.1) is 0 Å². The maximum absolute atomic E-state index is 13.2. The number of benzene rings is 2. The van der Waals surface area contributed by atoms with E-state index in [9.17, 15) is 9.59 Å². The van der Waals surface area contributed by atoms with Gasteiger partial charge in [-0.05, 0) is 44.0 Å². The third-order valence-electron chi connectivity index (χ3n) is 5.02. The van der Waals surface area contributed by atoms with Gasteiger partial charge in [-0.15, -0.1) is 0 Å². The van der Waals surface area contributed by atoms with Gasteiger partial charge < -0.3 is 4.74 Å². The van der Waals surface area contributed by atoms with E-state index in [-0.39, 0.29) is 22.7 Å². The van der Waals surface area contributed by atoms with E-state index in [0.717, 1.165) is 23.9 Å². The van der Waals surface area contributed by atoms with Gasteiger partial charge >= 0.3 is 0 Å². The molecule has 5 nitrogen and oxygen atoms in total. The summed E-state index contributed by atoms with van der Waals surface area (Å²) in [5.41, 5.74) is 1.20. The van der Waals surface area contributed by atoms with Gasteiger partial charge in [-0.3, -0.25) is 14.2 Å². The molecule has 29 heavy (non-hydrogen) atoms. The SMILES string of the molecule is C[C@@H](Sc1nc2ccccc2c(=O)n1C[C@@H]1CCCO1)C(=O)c1ccc(Br)cc1. The Morgan fingerprint density at radius 3 is 2.76 bits per heavy atom. The number of ketones is 1. The number of fused-ring (bicyclic) bond motifs is 1. The van der Waals surface area contributed by atoms with Crippen molar-refractivity contribution in [2.45, 2.75) is 42.8 Å². The second kappa shape index (κ2) is 8.81. The van der Waals surface area contributed by atoms with Crippen molar-refractivity contribution in [2.75, 3.05) is 6.61 Å². The maximum Gasteiger partial charge on any atom is 0.262 e. The van der Waals surface area contributed by atoms with Crippen LogP contribution in [0.5, 0.6) is 0 Å². The Labute approximate surface area is 181 Å². The van der Waals surface area contributed by atoms with Gasteiger partial charge in [0.1, 0.15) is 0 Å². The molecule has 2 heterocycles. The van der Waals surface area contributed by atoms with Crippen molar-refractivity contribution >= 4 is 44.4 Å². The summed E-state index contributed by atoms with van der Waals surface area (Å²) in [6.07, 6.45) is 1.94.